The van der Waals surface area contributed by atoms with Crippen LogP contribution in [0.4, 0.5) is 4.79 Å². The minimum absolute atomic E-state index is 0.0657. The number of aliphatic hydroxyl groups excluding tert-OH is 1. The van der Waals surface area contributed by atoms with Gasteiger partial charge in [-0.3, -0.25) is 0 Å². The number of urea groups is 1. The summed E-state index contributed by atoms with van der Waals surface area (Å²) < 4.78 is 0. The van der Waals surface area contributed by atoms with E-state index in [0.29, 0.717) is 0 Å². The molecule has 2 rings (SSSR count). The van der Waals surface area contributed by atoms with Gasteiger partial charge in [-0.25, -0.2) is 4.79 Å². The minimum Gasteiger partial charge on any atom is -0.393 e. The molecule has 1 aliphatic heterocycles. The molecule has 98 valence electrons. The van der Waals surface area contributed by atoms with Crippen molar-refractivity contribution in [3.63, 3.8) is 0 Å². The Morgan fingerprint density at radius 1 is 1.24 bits per heavy atom. The summed E-state index contributed by atoms with van der Waals surface area (Å²) >= 11 is 0. The van der Waals surface area contributed by atoms with Gasteiger partial charge in [0.05, 0.1) is 6.10 Å². The third kappa shape index (κ3) is 3.60. The van der Waals surface area contributed by atoms with Gasteiger partial charge >= 0.3 is 6.03 Å². The molecule has 1 aliphatic carbocycles. The average molecular weight is 240 g/mol. The van der Waals surface area contributed by atoms with Crippen LogP contribution in [0, 0.1) is 5.92 Å². The number of carbonyl (C=O) groups excluding carboxylic acids is 1. The fourth-order valence-electron chi connectivity index (χ4n) is 2.77. The van der Waals surface area contributed by atoms with Gasteiger partial charge in [-0.2, -0.15) is 0 Å². The number of carbonyl (C=O) groups is 1. The van der Waals surface area contributed by atoms with Gasteiger partial charge < -0.3 is 15.3 Å². The Hall–Kier alpha value is -0.770. The Labute approximate surface area is 103 Å². The van der Waals surface area contributed by atoms with Crippen LogP contribution in [0.25, 0.3) is 0 Å². The van der Waals surface area contributed by atoms with Crippen LogP contribution in [0.5, 0.6) is 0 Å². The fourth-order valence-corrected chi connectivity index (χ4v) is 2.77. The summed E-state index contributed by atoms with van der Waals surface area (Å²) in [6.07, 6.45) is 5.62. The Bertz CT molecular complexity index is 262. The van der Waals surface area contributed by atoms with Crippen molar-refractivity contribution >= 4 is 6.03 Å². The van der Waals surface area contributed by atoms with Gasteiger partial charge in [0.2, 0.25) is 0 Å². The summed E-state index contributed by atoms with van der Waals surface area (Å²) in [4.78, 5) is 13.9. The molecule has 0 radical (unpaired) electrons. The highest BCUT2D eigenvalue weighted by molar-refractivity contribution is 5.74. The molecule has 2 fully saturated rings. The molecule has 0 bridgehead atoms. The maximum Gasteiger partial charge on any atom is 0.317 e. The molecule has 17 heavy (non-hydrogen) atoms. The first-order valence-electron chi connectivity index (χ1n) is 6.88. The molecule has 0 spiro atoms. The van der Waals surface area contributed by atoms with E-state index in [1.54, 1.807) is 0 Å². The molecule has 0 aromatic carbocycles. The predicted octanol–water partition coefficient (Wildman–Crippen LogP) is 1.73. The fraction of sp³-hybridized carbons (Fsp3) is 0.923. The van der Waals surface area contributed by atoms with Crippen LogP contribution in [0.2, 0.25) is 0 Å². The largest absolute Gasteiger partial charge is 0.393 e. The van der Waals surface area contributed by atoms with Crippen molar-refractivity contribution in [1.29, 1.82) is 0 Å². The molecule has 2 amide bonds. The topological polar surface area (TPSA) is 52.6 Å². The standard InChI is InChI=1S/C13H24N2O2/c1-10-5-7-15(8-6-10)13(17)14-11-3-2-4-12(16)9-11/h10-12,16H,2-9H2,1H3,(H,14,17). The number of amides is 2. The lowest BCUT2D eigenvalue weighted by Crippen LogP contribution is -2.49. The molecule has 4 heteroatoms. The van der Waals surface area contributed by atoms with E-state index in [0.717, 1.165) is 57.5 Å². The van der Waals surface area contributed by atoms with Gasteiger partial charge in [0.15, 0.2) is 0 Å². The second-order valence-electron chi connectivity index (χ2n) is 5.64. The van der Waals surface area contributed by atoms with Crippen molar-refractivity contribution in [2.24, 2.45) is 5.92 Å². The van der Waals surface area contributed by atoms with Crippen LogP contribution < -0.4 is 5.32 Å². The quantitative estimate of drug-likeness (QED) is 0.733. The van der Waals surface area contributed by atoms with E-state index in [1.807, 2.05) is 4.90 Å². The van der Waals surface area contributed by atoms with Gasteiger partial charge in [0.1, 0.15) is 0 Å². The summed E-state index contributed by atoms with van der Waals surface area (Å²) in [6, 6.07) is 0.238. The smallest absolute Gasteiger partial charge is 0.317 e. The predicted molar refractivity (Wildman–Crippen MR) is 66.8 cm³/mol. The molecule has 1 saturated heterocycles. The zero-order valence-electron chi connectivity index (χ0n) is 10.7. The Kier molecular flexibility index (Phi) is 4.26. The Morgan fingerprint density at radius 2 is 1.94 bits per heavy atom. The van der Waals surface area contributed by atoms with E-state index < -0.39 is 0 Å². The first kappa shape index (κ1) is 12.7. The third-order valence-corrected chi connectivity index (χ3v) is 4.04. The average Bonchev–Trinajstić information content (AvgIpc) is 2.29. The number of hydrogen-bond donors (Lipinski definition) is 2. The lowest BCUT2D eigenvalue weighted by atomic mass is 9.93. The first-order chi connectivity index (χ1) is 8.15. The van der Waals surface area contributed by atoms with Crippen molar-refractivity contribution in [3.8, 4) is 0 Å². The number of rotatable bonds is 1. The number of aliphatic hydroxyl groups is 1. The molecule has 0 aromatic rings. The van der Waals surface area contributed by atoms with Gasteiger partial charge in [-0.05, 0) is 44.4 Å². The van der Waals surface area contributed by atoms with Crippen molar-refractivity contribution in [2.75, 3.05) is 13.1 Å². The maximum absolute atomic E-state index is 12.0. The molecular formula is C13H24N2O2. The van der Waals surface area contributed by atoms with Crippen molar-refractivity contribution in [2.45, 2.75) is 57.6 Å². The normalized spacial score (nSPS) is 31.3. The van der Waals surface area contributed by atoms with Crippen LogP contribution in [0.1, 0.15) is 45.4 Å². The highest BCUT2D eigenvalue weighted by Gasteiger charge is 2.25. The molecule has 2 aliphatic rings. The summed E-state index contributed by atoms with van der Waals surface area (Å²) in [5.74, 6) is 0.746. The molecule has 1 heterocycles. The highest BCUT2D eigenvalue weighted by Crippen LogP contribution is 2.20. The lowest BCUT2D eigenvalue weighted by Gasteiger charge is -2.33. The van der Waals surface area contributed by atoms with Crippen LogP contribution >= 0.6 is 0 Å². The van der Waals surface area contributed by atoms with Gasteiger partial charge in [-0.15, -0.1) is 0 Å². The molecule has 0 aromatic heterocycles. The lowest BCUT2D eigenvalue weighted by molar-refractivity contribution is 0.109. The second kappa shape index (κ2) is 5.71. The van der Waals surface area contributed by atoms with E-state index in [4.69, 9.17) is 0 Å². The molecule has 2 N–H and O–H groups in total. The number of piperidine rings is 1. The minimum atomic E-state index is -0.226. The van der Waals surface area contributed by atoms with E-state index in [-0.39, 0.29) is 18.2 Å². The summed E-state index contributed by atoms with van der Waals surface area (Å²) in [5, 5.41) is 12.6. The molecule has 2 unspecified atom stereocenters. The van der Waals surface area contributed by atoms with Gasteiger partial charge in [0, 0.05) is 19.1 Å². The SMILES string of the molecule is CC1CCN(C(=O)NC2CCCC(O)C2)CC1. The van der Waals surface area contributed by atoms with Gasteiger partial charge in [-0.1, -0.05) is 6.92 Å². The number of nitrogens with one attached hydrogen (secondary N) is 1. The van der Waals surface area contributed by atoms with Crippen LogP contribution in [-0.4, -0.2) is 41.3 Å². The third-order valence-electron chi connectivity index (χ3n) is 4.04. The van der Waals surface area contributed by atoms with Crippen LogP contribution in [0.3, 0.4) is 0 Å². The van der Waals surface area contributed by atoms with E-state index in [9.17, 15) is 9.90 Å². The zero-order chi connectivity index (χ0) is 12.3. The van der Waals surface area contributed by atoms with Crippen LogP contribution in [-0.2, 0) is 0 Å². The Morgan fingerprint density at radius 3 is 2.59 bits per heavy atom. The van der Waals surface area contributed by atoms with Crippen LogP contribution in [0.15, 0.2) is 0 Å². The Balaban J connectivity index is 1.76. The van der Waals surface area contributed by atoms with Crippen molar-refractivity contribution in [1.82, 2.24) is 10.2 Å². The van der Waals surface area contributed by atoms with Gasteiger partial charge in [0.25, 0.3) is 0 Å². The monoisotopic (exact) mass is 240 g/mol. The summed E-state index contributed by atoms with van der Waals surface area (Å²) in [5.41, 5.74) is 0. The van der Waals surface area contributed by atoms with E-state index in [1.165, 1.54) is 0 Å². The maximum atomic E-state index is 12.0. The van der Waals surface area contributed by atoms with Crippen molar-refractivity contribution in [3.05, 3.63) is 0 Å². The molecular weight excluding hydrogens is 216 g/mol. The number of hydrogen-bond acceptors (Lipinski definition) is 2. The number of nitrogens with zero attached hydrogens (tertiary/aromatic N) is 1. The summed E-state index contributed by atoms with van der Waals surface area (Å²) in [6.45, 7) is 4.00. The van der Waals surface area contributed by atoms with Crippen molar-refractivity contribution < 1.29 is 9.90 Å². The molecule has 4 nitrogen and oxygen atoms in total. The molecule has 1 saturated carbocycles. The second-order valence-corrected chi connectivity index (χ2v) is 5.64. The van der Waals surface area contributed by atoms with E-state index in [2.05, 4.69) is 12.2 Å². The first-order valence-corrected chi connectivity index (χ1v) is 6.88. The highest BCUT2D eigenvalue weighted by atomic mass is 16.3. The molecule has 2 atom stereocenters. The number of likely N-dealkylation sites (tertiary alicyclic amines) is 1. The zero-order valence-corrected chi connectivity index (χ0v) is 10.7. The summed E-state index contributed by atoms with van der Waals surface area (Å²) in [7, 11) is 0. The van der Waals surface area contributed by atoms with E-state index >= 15 is 0 Å².